The lowest BCUT2D eigenvalue weighted by Crippen LogP contribution is -1.84. The average Bonchev–Trinajstić information content (AvgIpc) is 4.07. The van der Waals surface area contributed by atoms with Crippen molar-refractivity contribution in [2.24, 2.45) is 0 Å². The van der Waals surface area contributed by atoms with Gasteiger partial charge in [-0.3, -0.25) is 30.6 Å². The normalized spacial score (nSPS) is 10.3. The van der Waals surface area contributed by atoms with E-state index in [4.69, 9.17) is 4.74 Å². The Hall–Kier alpha value is -7.12. The van der Waals surface area contributed by atoms with E-state index in [2.05, 4.69) is 79.4 Å². The van der Waals surface area contributed by atoms with Crippen LogP contribution in [-0.2, 0) is 4.74 Å². The Morgan fingerprint density at radius 2 is 0.547 bits per heavy atom. The molecular weight excluding hydrogens is 665 g/mol. The second-order valence-corrected chi connectivity index (χ2v) is 11.3. The van der Waals surface area contributed by atoms with Crippen LogP contribution in [-0.4, -0.2) is 74.4 Å². The highest BCUT2D eigenvalue weighted by molar-refractivity contribution is 5.71. The summed E-state index contributed by atoms with van der Waals surface area (Å²) in [6, 6.07) is 36.4. The average molecular weight is 705 g/mol. The first-order chi connectivity index (χ1) is 26.2. The summed E-state index contributed by atoms with van der Waals surface area (Å²) in [6.07, 6.45) is 10.5. The van der Waals surface area contributed by atoms with E-state index in [0.29, 0.717) is 0 Å². The molecule has 0 aliphatic heterocycles. The summed E-state index contributed by atoms with van der Waals surface area (Å²) in [5.74, 6) is 0. The lowest BCUT2D eigenvalue weighted by molar-refractivity contribution is 0.162. The Kier molecular flexibility index (Phi) is 12.6. The maximum absolute atomic E-state index is 4.83. The molecule has 6 aromatic heterocycles. The molecule has 0 saturated heterocycles. The maximum atomic E-state index is 4.83. The van der Waals surface area contributed by atoms with Gasteiger partial charge in [0.25, 0.3) is 0 Å². The van der Waals surface area contributed by atoms with E-state index < -0.39 is 0 Å². The fourth-order valence-corrected chi connectivity index (χ4v) is 5.27. The van der Waals surface area contributed by atoms with Crippen molar-refractivity contribution in [1.82, 2.24) is 61.2 Å². The van der Waals surface area contributed by atoms with Crippen LogP contribution < -0.4 is 0 Å². The molecule has 0 fully saturated rings. The van der Waals surface area contributed by atoms with Crippen LogP contribution in [0.5, 0.6) is 0 Å². The molecule has 0 unspecified atom stereocenters. The molecule has 6 heterocycles. The third-order valence-electron chi connectivity index (χ3n) is 7.87. The molecule has 3 aromatic carbocycles. The van der Waals surface area contributed by atoms with Gasteiger partial charge in [-0.15, -0.1) is 0 Å². The fraction of sp³-hybridized carbons (Fsp3) is 0.100. The predicted molar refractivity (Wildman–Crippen MR) is 207 cm³/mol. The van der Waals surface area contributed by atoms with Gasteiger partial charge in [-0.25, -0.2) is 0 Å². The number of rotatable bonds is 8. The van der Waals surface area contributed by atoms with Crippen LogP contribution in [0, 0.1) is 0 Å². The molecular formula is C40H40N12O. The van der Waals surface area contributed by atoms with Crippen molar-refractivity contribution in [2.45, 2.75) is 13.8 Å². The highest BCUT2D eigenvalue weighted by atomic mass is 16.5. The molecule has 0 aliphatic rings. The second-order valence-electron chi connectivity index (χ2n) is 11.3. The van der Waals surface area contributed by atoms with Gasteiger partial charge in [0.1, 0.15) is 0 Å². The Morgan fingerprint density at radius 3 is 0.679 bits per heavy atom. The Balaban J connectivity index is 0.000000128. The van der Waals surface area contributed by atoms with Gasteiger partial charge >= 0.3 is 0 Å². The standard InChI is InChI=1S/3C12H10N4.C4H10O/c3*1-2-9(11-4-6-13-15-11)8-10(3-1)12-5-7-14-16-12;1-3-5-4-2/h3*1-8H,(H,13,15)(H,14,16);3-4H2,1-2H3. The minimum atomic E-state index is 0.844. The van der Waals surface area contributed by atoms with Gasteiger partial charge < -0.3 is 4.74 Å². The van der Waals surface area contributed by atoms with E-state index in [1.165, 1.54) is 0 Å². The van der Waals surface area contributed by atoms with Crippen molar-refractivity contribution in [3.63, 3.8) is 0 Å². The van der Waals surface area contributed by atoms with E-state index >= 15 is 0 Å². The van der Waals surface area contributed by atoms with E-state index in [1.807, 2.05) is 105 Å². The van der Waals surface area contributed by atoms with Gasteiger partial charge in [0, 0.05) is 83.8 Å². The number of benzene rings is 3. The minimum Gasteiger partial charge on any atom is -0.382 e. The first kappa shape index (κ1) is 35.7. The highest BCUT2D eigenvalue weighted by Crippen LogP contribution is 2.25. The van der Waals surface area contributed by atoms with Gasteiger partial charge in [0.05, 0.1) is 34.2 Å². The molecule has 13 heteroatoms. The van der Waals surface area contributed by atoms with Crippen LogP contribution in [0.4, 0.5) is 0 Å². The zero-order valence-corrected chi connectivity index (χ0v) is 29.4. The number of ether oxygens (including phenoxy) is 1. The summed E-state index contributed by atoms with van der Waals surface area (Å²) < 4.78 is 4.83. The van der Waals surface area contributed by atoms with Crippen LogP contribution >= 0.6 is 0 Å². The number of aromatic amines is 6. The Bertz CT molecular complexity index is 1870. The van der Waals surface area contributed by atoms with E-state index in [9.17, 15) is 0 Å². The van der Waals surface area contributed by atoms with Gasteiger partial charge in [-0.05, 0) is 68.4 Å². The molecule has 0 atom stereocenters. The Labute approximate surface area is 306 Å². The molecule has 0 saturated carbocycles. The van der Waals surface area contributed by atoms with Gasteiger partial charge in [-0.2, -0.15) is 30.6 Å². The molecule has 53 heavy (non-hydrogen) atoms. The molecule has 13 nitrogen and oxygen atoms in total. The largest absolute Gasteiger partial charge is 0.382 e. The summed E-state index contributed by atoms with van der Waals surface area (Å²) in [6.45, 7) is 5.67. The van der Waals surface area contributed by atoms with E-state index in [1.54, 1.807) is 37.2 Å². The SMILES string of the molecule is CCOCC.c1cc(-c2ccn[nH]2)cc(-c2ccn[nH]2)c1.c1cc(-c2ccn[nH]2)cc(-c2ccn[nH]2)c1.c1cc(-c2ccn[nH]2)cc(-c2ccn[nH]2)c1. The number of H-pyrrole nitrogens is 6. The number of nitrogens with one attached hydrogen (secondary N) is 6. The van der Waals surface area contributed by atoms with E-state index in [-0.39, 0.29) is 0 Å². The molecule has 9 rings (SSSR count). The van der Waals surface area contributed by atoms with Crippen molar-refractivity contribution >= 4 is 0 Å². The van der Waals surface area contributed by atoms with Crippen LogP contribution in [0.2, 0.25) is 0 Å². The third-order valence-corrected chi connectivity index (χ3v) is 7.87. The summed E-state index contributed by atoms with van der Waals surface area (Å²) in [4.78, 5) is 0. The fourth-order valence-electron chi connectivity index (χ4n) is 5.27. The van der Waals surface area contributed by atoms with Gasteiger partial charge in [0.15, 0.2) is 0 Å². The molecule has 0 spiro atoms. The molecule has 0 bridgehead atoms. The number of nitrogens with zero attached hydrogens (tertiary/aromatic N) is 6. The topological polar surface area (TPSA) is 181 Å². The molecule has 0 amide bonds. The van der Waals surface area contributed by atoms with Crippen molar-refractivity contribution in [1.29, 1.82) is 0 Å². The summed E-state index contributed by atoms with van der Waals surface area (Å²) in [5, 5.41) is 41.4. The summed E-state index contributed by atoms with van der Waals surface area (Å²) >= 11 is 0. The Morgan fingerprint density at radius 1 is 0.340 bits per heavy atom. The summed E-state index contributed by atoms with van der Waals surface area (Å²) in [7, 11) is 0. The quantitative estimate of drug-likeness (QED) is 0.0917. The first-order valence-corrected chi connectivity index (χ1v) is 17.1. The van der Waals surface area contributed by atoms with Crippen molar-refractivity contribution in [2.75, 3.05) is 13.2 Å². The van der Waals surface area contributed by atoms with E-state index in [0.717, 1.165) is 80.8 Å². The zero-order valence-electron chi connectivity index (χ0n) is 29.4. The zero-order chi connectivity index (χ0) is 36.5. The smallest absolute Gasteiger partial charge is 0.0650 e. The predicted octanol–water partition coefficient (Wildman–Crippen LogP) is 8.44. The van der Waals surface area contributed by atoms with Gasteiger partial charge in [-0.1, -0.05) is 54.6 Å². The molecule has 9 aromatic rings. The monoisotopic (exact) mass is 704 g/mol. The first-order valence-electron chi connectivity index (χ1n) is 17.1. The minimum absolute atomic E-state index is 0.844. The maximum Gasteiger partial charge on any atom is 0.0650 e. The highest BCUT2D eigenvalue weighted by Gasteiger charge is 2.05. The van der Waals surface area contributed by atoms with Crippen molar-refractivity contribution in [3.05, 3.63) is 146 Å². The van der Waals surface area contributed by atoms with Crippen LogP contribution in [0.15, 0.2) is 146 Å². The number of hydrogen-bond acceptors (Lipinski definition) is 7. The van der Waals surface area contributed by atoms with Crippen molar-refractivity contribution < 1.29 is 4.74 Å². The lowest BCUT2D eigenvalue weighted by Gasteiger charge is -2.01. The lowest BCUT2D eigenvalue weighted by atomic mass is 10.1. The summed E-state index contributed by atoms with van der Waals surface area (Å²) in [5.41, 5.74) is 12.8. The second kappa shape index (κ2) is 18.8. The molecule has 0 aliphatic carbocycles. The van der Waals surface area contributed by atoms with Crippen LogP contribution in [0.3, 0.4) is 0 Å². The number of hydrogen-bond donors (Lipinski definition) is 6. The van der Waals surface area contributed by atoms with Crippen molar-refractivity contribution in [3.8, 4) is 67.5 Å². The van der Waals surface area contributed by atoms with Crippen LogP contribution in [0.1, 0.15) is 13.8 Å². The number of aromatic nitrogens is 12. The molecule has 266 valence electrons. The molecule has 0 radical (unpaired) electrons. The van der Waals surface area contributed by atoms with Crippen LogP contribution in [0.25, 0.3) is 67.5 Å². The van der Waals surface area contributed by atoms with Gasteiger partial charge in [0.2, 0.25) is 0 Å². The molecule has 6 N–H and O–H groups in total. The third kappa shape index (κ3) is 9.99.